The highest BCUT2D eigenvalue weighted by atomic mass is 19.4. The Labute approximate surface area is 161 Å². The monoisotopic (exact) mass is 421 g/mol. The number of H-pyrrole nitrogens is 1. The number of aromatic nitrogens is 2. The standard InChI is InChI=1S/C16H18F3N3O7/c1-15(2)28-9-8(6-23)27-12(10(9)29-15)22-5-7(11(24)20-14(22)26)4-21(3)13(25)16(17,18)19/h5,10,12,23H,4,6H2,1-3H3,(H,20,24,26)/t10?,12-/m1/s1. The summed E-state index contributed by atoms with van der Waals surface area (Å²) in [6.45, 7) is 1.95. The molecule has 1 unspecified atom stereocenters. The molecule has 2 aliphatic heterocycles. The van der Waals surface area contributed by atoms with Gasteiger partial charge in [-0.05, 0) is 0 Å². The molecular weight excluding hydrogens is 403 g/mol. The van der Waals surface area contributed by atoms with Crippen LogP contribution in [0.3, 0.4) is 0 Å². The lowest BCUT2D eigenvalue weighted by atomic mass is 10.2. The number of fused-ring (bicyclic) bond motifs is 1. The summed E-state index contributed by atoms with van der Waals surface area (Å²) in [4.78, 5) is 37.9. The van der Waals surface area contributed by atoms with E-state index in [1.165, 1.54) is 0 Å². The van der Waals surface area contributed by atoms with Crippen molar-refractivity contribution in [2.75, 3.05) is 13.7 Å². The SMILES string of the molecule is CN(Cc1cn([C@@H]2OC(CO)=C3OC(C)(C)OC32)c(=O)[nH]c1=O)C(=O)C(F)(F)F. The number of aromatic amines is 1. The first-order chi connectivity index (χ1) is 13.3. The molecule has 3 heterocycles. The molecule has 160 valence electrons. The van der Waals surface area contributed by atoms with Gasteiger partial charge < -0.3 is 24.2 Å². The number of aliphatic hydroxyl groups is 1. The number of hydrogen-bond donors (Lipinski definition) is 2. The molecule has 1 fully saturated rings. The van der Waals surface area contributed by atoms with Crippen LogP contribution in [0.25, 0.3) is 0 Å². The molecule has 0 radical (unpaired) electrons. The van der Waals surface area contributed by atoms with E-state index in [2.05, 4.69) is 0 Å². The zero-order valence-corrected chi connectivity index (χ0v) is 15.6. The van der Waals surface area contributed by atoms with Crippen molar-refractivity contribution in [3.05, 3.63) is 44.1 Å². The molecule has 1 aromatic heterocycles. The number of carbonyl (C=O) groups is 1. The average molecular weight is 421 g/mol. The molecule has 0 spiro atoms. The van der Waals surface area contributed by atoms with E-state index in [4.69, 9.17) is 14.2 Å². The summed E-state index contributed by atoms with van der Waals surface area (Å²) in [6, 6.07) is 0. The average Bonchev–Trinajstić information content (AvgIpc) is 3.08. The van der Waals surface area contributed by atoms with Gasteiger partial charge in [0.1, 0.15) is 6.61 Å². The molecular formula is C16H18F3N3O7. The van der Waals surface area contributed by atoms with Gasteiger partial charge in [0.25, 0.3) is 5.56 Å². The zero-order chi connectivity index (χ0) is 21.7. The third kappa shape index (κ3) is 3.87. The van der Waals surface area contributed by atoms with Gasteiger partial charge in [-0.1, -0.05) is 0 Å². The predicted octanol–water partition coefficient (Wildman–Crippen LogP) is -0.0585. The summed E-state index contributed by atoms with van der Waals surface area (Å²) in [5.41, 5.74) is -2.16. The second kappa shape index (κ2) is 6.91. The lowest BCUT2D eigenvalue weighted by molar-refractivity contribution is -0.184. The van der Waals surface area contributed by atoms with Crippen molar-refractivity contribution in [1.29, 1.82) is 0 Å². The molecule has 0 aliphatic carbocycles. The van der Waals surface area contributed by atoms with Crippen LogP contribution in [0.15, 0.2) is 27.3 Å². The molecule has 13 heteroatoms. The summed E-state index contributed by atoms with van der Waals surface area (Å²) < 4.78 is 55.4. The molecule has 1 saturated heterocycles. The quantitative estimate of drug-likeness (QED) is 0.698. The van der Waals surface area contributed by atoms with E-state index in [-0.39, 0.29) is 17.1 Å². The van der Waals surface area contributed by atoms with Crippen molar-refractivity contribution in [1.82, 2.24) is 14.5 Å². The summed E-state index contributed by atoms with van der Waals surface area (Å²) in [5, 5.41) is 9.46. The molecule has 1 amide bonds. The lowest BCUT2D eigenvalue weighted by Gasteiger charge is -2.24. The van der Waals surface area contributed by atoms with Crippen molar-refractivity contribution in [2.24, 2.45) is 0 Å². The Morgan fingerprint density at radius 3 is 2.62 bits per heavy atom. The molecule has 29 heavy (non-hydrogen) atoms. The van der Waals surface area contributed by atoms with Crippen molar-refractivity contribution in [2.45, 2.75) is 44.7 Å². The van der Waals surface area contributed by atoms with Gasteiger partial charge in [-0.25, -0.2) is 4.79 Å². The lowest BCUT2D eigenvalue weighted by Crippen LogP contribution is -2.42. The van der Waals surface area contributed by atoms with Gasteiger partial charge in [0, 0.05) is 27.1 Å². The molecule has 3 rings (SSSR count). The predicted molar refractivity (Wildman–Crippen MR) is 88.1 cm³/mol. The first-order valence-corrected chi connectivity index (χ1v) is 8.38. The largest absolute Gasteiger partial charge is 0.471 e. The van der Waals surface area contributed by atoms with Gasteiger partial charge >= 0.3 is 17.8 Å². The van der Waals surface area contributed by atoms with Gasteiger partial charge in [-0.3, -0.25) is 19.1 Å². The van der Waals surface area contributed by atoms with Gasteiger partial charge in [0.15, 0.2) is 17.6 Å². The molecule has 10 nitrogen and oxygen atoms in total. The van der Waals surface area contributed by atoms with E-state index in [9.17, 15) is 32.7 Å². The molecule has 0 aromatic carbocycles. The molecule has 2 N–H and O–H groups in total. The number of alkyl halides is 3. The Hall–Kier alpha value is -2.80. The molecule has 2 aliphatic rings. The number of nitrogens with zero attached hydrogens (tertiary/aromatic N) is 2. The van der Waals surface area contributed by atoms with Crippen molar-refractivity contribution < 1.29 is 37.3 Å². The van der Waals surface area contributed by atoms with Crippen LogP contribution in [0.2, 0.25) is 0 Å². The minimum absolute atomic E-state index is 0.0228. The van der Waals surface area contributed by atoms with Gasteiger partial charge in [-0.2, -0.15) is 13.2 Å². The number of nitrogens with one attached hydrogen (secondary N) is 1. The van der Waals surface area contributed by atoms with E-state index in [1.54, 1.807) is 13.8 Å². The first-order valence-electron chi connectivity index (χ1n) is 8.38. The fourth-order valence-corrected chi connectivity index (χ4v) is 3.07. The number of ether oxygens (including phenoxy) is 3. The minimum Gasteiger partial charge on any atom is -0.465 e. The number of carbonyl (C=O) groups excluding carboxylic acids is 1. The fourth-order valence-electron chi connectivity index (χ4n) is 3.07. The van der Waals surface area contributed by atoms with Gasteiger partial charge in [-0.15, -0.1) is 0 Å². The zero-order valence-electron chi connectivity index (χ0n) is 15.6. The molecule has 2 atom stereocenters. The summed E-state index contributed by atoms with van der Waals surface area (Å²) in [5.74, 6) is -3.02. The molecule has 1 aromatic rings. The fraction of sp³-hybridized carbons (Fsp3) is 0.562. The maximum absolute atomic E-state index is 12.6. The maximum Gasteiger partial charge on any atom is 0.471 e. The number of halogens is 3. The number of aliphatic hydroxyl groups excluding tert-OH is 1. The van der Waals surface area contributed by atoms with Crippen LogP contribution in [0.1, 0.15) is 25.6 Å². The highest BCUT2D eigenvalue weighted by Crippen LogP contribution is 2.44. The number of rotatable bonds is 4. The van der Waals surface area contributed by atoms with Crippen molar-refractivity contribution >= 4 is 5.91 Å². The topological polar surface area (TPSA) is 123 Å². The van der Waals surface area contributed by atoms with E-state index in [0.29, 0.717) is 4.90 Å². The van der Waals surface area contributed by atoms with Crippen LogP contribution in [-0.4, -0.2) is 57.2 Å². The normalized spacial score (nSPS) is 22.9. The summed E-state index contributed by atoms with van der Waals surface area (Å²) in [6.07, 6.45) is -6.24. The highest BCUT2D eigenvalue weighted by molar-refractivity contribution is 5.81. The Morgan fingerprint density at radius 1 is 1.38 bits per heavy atom. The van der Waals surface area contributed by atoms with Gasteiger partial charge in [0.2, 0.25) is 12.0 Å². The summed E-state index contributed by atoms with van der Waals surface area (Å²) >= 11 is 0. The molecule has 0 bridgehead atoms. The van der Waals surface area contributed by atoms with Gasteiger partial charge in [0.05, 0.1) is 12.1 Å². The third-order valence-corrected chi connectivity index (χ3v) is 4.28. The highest BCUT2D eigenvalue weighted by Gasteiger charge is 2.51. The van der Waals surface area contributed by atoms with Crippen LogP contribution in [0, 0.1) is 0 Å². The Balaban J connectivity index is 1.94. The number of amides is 1. The Morgan fingerprint density at radius 2 is 2.03 bits per heavy atom. The maximum atomic E-state index is 12.6. The van der Waals surface area contributed by atoms with Crippen LogP contribution < -0.4 is 11.2 Å². The van der Waals surface area contributed by atoms with E-state index in [1.807, 2.05) is 4.98 Å². The van der Waals surface area contributed by atoms with Crippen LogP contribution in [-0.2, 0) is 25.5 Å². The van der Waals surface area contributed by atoms with E-state index in [0.717, 1.165) is 17.8 Å². The smallest absolute Gasteiger partial charge is 0.465 e. The van der Waals surface area contributed by atoms with Crippen LogP contribution >= 0.6 is 0 Å². The Kier molecular flexibility index (Phi) is 4.99. The summed E-state index contributed by atoms with van der Waals surface area (Å²) in [7, 11) is 0.872. The van der Waals surface area contributed by atoms with Crippen LogP contribution in [0.4, 0.5) is 13.2 Å². The van der Waals surface area contributed by atoms with Crippen molar-refractivity contribution in [3.63, 3.8) is 0 Å². The van der Waals surface area contributed by atoms with E-state index >= 15 is 0 Å². The molecule has 0 saturated carbocycles. The minimum atomic E-state index is -5.11. The second-order valence-corrected chi connectivity index (χ2v) is 6.97. The first kappa shape index (κ1) is 20.9. The second-order valence-electron chi connectivity index (χ2n) is 6.97. The number of hydrogen-bond acceptors (Lipinski definition) is 7. The van der Waals surface area contributed by atoms with Crippen molar-refractivity contribution in [3.8, 4) is 0 Å². The third-order valence-electron chi connectivity index (χ3n) is 4.28. The van der Waals surface area contributed by atoms with Crippen LogP contribution in [0.5, 0.6) is 0 Å². The Bertz CT molecular complexity index is 979. The van der Waals surface area contributed by atoms with E-state index < -0.39 is 54.6 Å².